The van der Waals surface area contributed by atoms with Gasteiger partial charge in [-0.15, -0.1) is 11.3 Å². The number of carbonyl (C=O) groups is 1. The molecule has 3 aromatic rings. The summed E-state index contributed by atoms with van der Waals surface area (Å²) < 4.78 is 0. The predicted octanol–water partition coefficient (Wildman–Crippen LogP) is 3.51. The summed E-state index contributed by atoms with van der Waals surface area (Å²) >= 11 is 1.34. The molecule has 1 amide bonds. The average Bonchev–Trinajstić information content (AvgIpc) is 3.08. The highest BCUT2D eigenvalue weighted by atomic mass is 32.1. The molecule has 1 aromatic heterocycles. The Morgan fingerprint density at radius 2 is 1.53 bits per heavy atom. The summed E-state index contributed by atoms with van der Waals surface area (Å²) in [6.45, 7) is 0. The minimum absolute atomic E-state index is 0.0911. The molecule has 1 heterocycles. The Kier molecular flexibility index (Phi) is 5.72. The van der Waals surface area contributed by atoms with Crippen molar-refractivity contribution in [3.63, 3.8) is 0 Å². The highest BCUT2D eigenvalue weighted by Gasteiger charge is 2.27. The normalized spacial score (nSPS) is 13.9. The van der Waals surface area contributed by atoms with Crippen LogP contribution in [0.15, 0.2) is 30.3 Å². The number of aromatic hydroxyl groups is 5. The van der Waals surface area contributed by atoms with E-state index in [0.29, 0.717) is 17.0 Å². The lowest BCUT2D eigenvalue weighted by atomic mass is 9.95. The Balaban J connectivity index is 1.67. The molecule has 0 bridgehead atoms. The minimum atomic E-state index is -1.39. The van der Waals surface area contributed by atoms with Crippen LogP contribution in [0.1, 0.15) is 45.4 Å². The molecule has 1 aliphatic carbocycles. The van der Waals surface area contributed by atoms with Crippen LogP contribution in [0.5, 0.6) is 28.7 Å². The van der Waals surface area contributed by atoms with E-state index in [-0.39, 0.29) is 22.7 Å². The van der Waals surface area contributed by atoms with Crippen molar-refractivity contribution in [3.8, 4) is 28.7 Å². The standard InChI is InChI=1S/C22H22N2O7S/c25-12-7-11(8-13(26)9-12)23-21(31)18-14-3-1-2-4-17(14)32-22(18)24-20(30)10-5-15(27)19(29)16(28)6-10/h5-9,20,24-30H,1-4H2,(H,23,31). The van der Waals surface area contributed by atoms with Crippen LogP contribution < -0.4 is 10.6 Å². The molecule has 32 heavy (non-hydrogen) atoms. The fourth-order valence-corrected chi connectivity index (χ4v) is 5.07. The number of hydrogen-bond donors (Lipinski definition) is 8. The number of rotatable bonds is 5. The number of nitrogens with one attached hydrogen (secondary N) is 2. The number of aliphatic hydroxyl groups excluding tert-OH is 1. The van der Waals surface area contributed by atoms with E-state index in [0.717, 1.165) is 47.9 Å². The monoisotopic (exact) mass is 458 g/mol. The quantitative estimate of drug-likeness (QED) is 0.213. The van der Waals surface area contributed by atoms with Crippen molar-refractivity contribution in [1.29, 1.82) is 0 Å². The van der Waals surface area contributed by atoms with E-state index in [1.165, 1.54) is 23.5 Å². The zero-order valence-corrected chi connectivity index (χ0v) is 17.6. The maximum absolute atomic E-state index is 13.2. The zero-order chi connectivity index (χ0) is 23.0. The number of fused-ring (bicyclic) bond motifs is 1. The molecule has 0 saturated carbocycles. The number of benzene rings is 2. The van der Waals surface area contributed by atoms with Gasteiger partial charge in [0.2, 0.25) is 0 Å². The Hall–Kier alpha value is -3.63. The zero-order valence-electron chi connectivity index (χ0n) is 16.8. The van der Waals surface area contributed by atoms with Crippen LogP contribution in [-0.2, 0) is 12.8 Å². The van der Waals surface area contributed by atoms with E-state index in [4.69, 9.17) is 0 Å². The minimum Gasteiger partial charge on any atom is -0.508 e. The highest BCUT2D eigenvalue weighted by Crippen LogP contribution is 2.41. The van der Waals surface area contributed by atoms with Gasteiger partial charge in [0.15, 0.2) is 23.5 Å². The molecule has 0 aliphatic heterocycles. The van der Waals surface area contributed by atoms with E-state index in [2.05, 4.69) is 10.6 Å². The number of phenols is 5. The topological polar surface area (TPSA) is 163 Å². The molecule has 8 N–H and O–H groups in total. The lowest BCUT2D eigenvalue weighted by Crippen LogP contribution is -2.18. The third-order valence-electron chi connectivity index (χ3n) is 5.23. The lowest BCUT2D eigenvalue weighted by molar-refractivity contribution is 0.102. The second-order valence-corrected chi connectivity index (χ2v) is 8.67. The lowest BCUT2D eigenvalue weighted by Gasteiger charge is -2.17. The number of carbonyl (C=O) groups excluding carboxylic acids is 1. The van der Waals surface area contributed by atoms with Gasteiger partial charge in [0.25, 0.3) is 5.91 Å². The predicted molar refractivity (Wildman–Crippen MR) is 119 cm³/mol. The first-order valence-corrected chi connectivity index (χ1v) is 10.7. The third-order valence-corrected chi connectivity index (χ3v) is 6.46. The maximum Gasteiger partial charge on any atom is 0.258 e. The van der Waals surface area contributed by atoms with Gasteiger partial charge >= 0.3 is 0 Å². The molecule has 4 rings (SSSR count). The highest BCUT2D eigenvalue weighted by molar-refractivity contribution is 7.16. The molecular formula is C22H22N2O7S. The van der Waals surface area contributed by atoms with Crippen LogP contribution in [0, 0.1) is 0 Å². The maximum atomic E-state index is 13.2. The van der Waals surface area contributed by atoms with Crippen LogP contribution in [0.4, 0.5) is 10.7 Å². The summed E-state index contributed by atoms with van der Waals surface area (Å²) in [5.74, 6) is -2.75. The van der Waals surface area contributed by atoms with Crippen molar-refractivity contribution in [2.24, 2.45) is 0 Å². The fourth-order valence-electron chi connectivity index (χ4n) is 3.76. The SMILES string of the molecule is O=C(Nc1cc(O)cc(O)c1)c1c(NC(O)c2cc(O)c(O)c(O)c2)sc2c1CCCC2. The van der Waals surface area contributed by atoms with E-state index in [9.17, 15) is 35.4 Å². The number of amides is 1. The molecule has 1 unspecified atom stereocenters. The van der Waals surface area contributed by atoms with E-state index in [1.54, 1.807) is 0 Å². The molecule has 0 fully saturated rings. The summed E-state index contributed by atoms with van der Waals surface area (Å²) in [6.07, 6.45) is 2.00. The summed E-state index contributed by atoms with van der Waals surface area (Å²) in [4.78, 5) is 14.2. The van der Waals surface area contributed by atoms with Crippen LogP contribution in [-0.4, -0.2) is 36.5 Å². The molecule has 10 heteroatoms. The van der Waals surface area contributed by atoms with Gasteiger partial charge in [-0.2, -0.15) is 0 Å². The Morgan fingerprint density at radius 3 is 2.19 bits per heavy atom. The molecule has 1 aliphatic rings. The smallest absolute Gasteiger partial charge is 0.258 e. The van der Waals surface area contributed by atoms with Crippen LogP contribution in [0.3, 0.4) is 0 Å². The molecule has 9 nitrogen and oxygen atoms in total. The molecule has 168 valence electrons. The van der Waals surface area contributed by atoms with Crippen molar-refractivity contribution in [2.75, 3.05) is 10.6 Å². The van der Waals surface area contributed by atoms with Gasteiger partial charge in [-0.1, -0.05) is 0 Å². The molecule has 0 spiro atoms. The first kappa shape index (κ1) is 21.6. The summed E-state index contributed by atoms with van der Waals surface area (Å²) in [6, 6.07) is 5.97. The van der Waals surface area contributed by atoms with Gasteiger partial charge in [-0.25, -0.2) is 0 Å². The number of aryl methyl sites for hydroxylation is 1. The van der Waals surface area contributed by atoms with Crippen molar-refractivity contribution in [1.82, 2.24) is 0 Å². The number of thiophene rings is 1. The summed E-state index contributed by atoms with van der Waals surface area (Å²) in [7, 11) is 0. The van der Waals surface area contributed by atoms with Gasteiger partial charge < -0.3 is 41.3 Å². The second-order valence-electron chi connectivity index (χ2n) is 7.56. The molecule has 0 saturated heterocycles. The first-order chi connectivity index (χ1) is 15.2. The van der Waals surface area contributed by atoms with Gasteiger partial charge in [0.1, 0.15) is 16.5 Å². The third kappa shape index (κ3) is 4.23. The van der Waals surface area contributed by atoms with Gasteiger partial charge in [-0.3, -0.25) is 4.79 Å². The Morgan fingerprint density at radius 1 is 0.906 bits per heavy atom. The fraction of sp³-hybridized carbons (Fsp3) is 0.227. The summed E-state index contributed by atoms with van der Waals surface area (Å²) in [5.41, 5.74) is 1.52. The van der Waals surface area contributed by atoms with E-state index in [1.807, 2.05) is 0 Å². The number of anilines is 2. The molecule has 2 aromatic carbocycles. The Bertz CT molecular complexity index is 1150. The van der Waals surface area contributed by atoms with Crippen molar-refractivity contribution < 1.29 is 35.4 Å². The first-order valence-electron chi connectivity index (χ1n) is 9.91. The molecular weight excluding hydrogens is 436 g/mol. The number of aliphatic hydroxyl groups is 1. The molecule has 0 radical (unpaired) electrons. The second kappa shape index (κ2) is 8.48. The van der Waals surface area contributed by atoms with Crippen molar-refractivity contribution in [3.05, 3.63) is 51.9 Å². The van der Waals surface area contributed by atoms with Crippen LogP contribution in [0.25, 0.3) is 0 Å². The van der Waals surface area contributed by atoms with Crippen molar-refractivity contribution in [2.45, 2.75) is 31.9 Å². The van der Waals surface area contributed by atoms with Gasteiger partial charge in [-0.05, 0) is 43.4 Å². The number of hydrogen-bond acceptors (Lipinski definition) is 9. The van der Waals surface area contributed by atoms with Crippen LogP contribution >= 0.6 is 11.3 Å². The Labute approximate surface area is 186 Å². The largest absolute Gasteiger partial charge is 0.508 e. The number of phenolic OH excluding ortho intramolecular Hbond substituents is 5. The van der Waals surface area contributed by atoms with Gasteiger partial charge in [0, 0.05) is 34.3 Å². The summed E-state index contributed by atoms with van der Waals surface area (Å²) in [5, 5.41) is 64.9. The van der Waals surface area contributed by atoms with E-state index < -0.39 is 29.4 Å². The van der Waals surface area contributed by atoms with Crippen molar-refractivity contribution >= 4 is 27.9 Å². The average molecular weight is 458 g/mol. The van der Waals surface area contributed by atoms with E-state index >= 15 is 0 Å². The van der Waals surface area contributed by atoms with Crippen LogP contribution in [0.2, 0.25) is 0 Å². The molecule has 1 atom stereocenters. The van der Waals surface area contributed by atoms with Gasteiger partial charge in [0.05, 0.1) is 5.56 Å².